The van der Waals surface area contributed by atoms with Gasteiger partial charge in [-0.05, 0) is 69.1 Å². The number of hydrogen-bond donors (Lipinski definition) is 3. The number of hydrogen-bond acceptors (Lipinski definition) is 6. The normalized spacial score (nSPS) is 28.0. The number of carboxylic acid groups (broad SMARTS) is 1. The molecule has 1 heterocycles. The maximum atomic E-state index is 14.1. The number of nitrogens with zero attached hydrogens (tertiary/aromatic N) is 1. The van der Waals surface area contributed by atoms with Gasteiger partial charge in [0.05, 0.1) is 6.04 Å². The van der Waals surface area contributed by atoms with E-state index in [1.54, 1.807) is 25.7 Å². The van der Waals surface area contributed by atoms with Gasteiger partial charge in [0.25, 0.3) is 5.78 Å². The van der Waals surface area contributed by atoms with Gasteiger partial charge in [0.15, 0.2) is 0 Å². The molecule has 4 aliphatic rings. The predicted octanol–water partition coefficient (Wildman–Crippen LogP) is 2.88. The SMILES string of the molecule is CC(C)(C)OC(=O)N[C@H](C(=O)N1C[C@H]2[C@@H]([C@H]1C(=O)NC(CC1CC1)C(=O)C(=O)O)C2(C)C)C1CCCCC1. The van der Waals surface area contributed by atoms with Gasteiger partial charge in [0.2, 0.25) is 11.8 Å². The number of piperidine rings is 1. The standard InChI is InChI=1S/C28H43N3O7/c1-27(2,3)38-26(37)30-20(16-9-7-6-8-10-16)24(34)31-14-17-19(28(17,4)5)21(31)23(33)29-18(13-15-11-12-15)22(32)25(35)36/h15-21H,6-14H2,1-5H3,(H,29,33)(H,30,37)(H,35,36)/t17-,18?,19-,20-,21-/m0/s1. The number of carbonyl (C=O) groups excluding carboxylic acids is 4. The summed E-state index contributed by atoms with van der Waals surface area (Å²) in [5.41, 5.74) is -0.875. The first kappa shape index (κ1) is 28.4. The molecule has 3 amide bonds. The number of aliphatic carboxylic acids is 1. The highest BCUT2D eigenvalue weighted by Crippen LogP contribution is 2.65. The summed E-state index contributed by atoms with van der Waals surface area (Å²) < 4.78 is 5.46. The van der Waals surface area contributed by atoms with E-state index in [-0.39, 0.29) is 35.0 Å². The molecule has 10 heteroatoms. The molecule has 1 saturated heterocycles. The molecule has 3 saturated carbocycles. The van der Waals surface area contributed by atoms with Gasteiger partial charge in [-0.25, -0.2) is 9.59 Å². The molecule has 0 spiro atoms. The number of rotatable bonds is 9. The summed E-state index contributed by atoms with van der Waals surface area (Å²) in [5.74, 6) is -3.21. The van der Waals surface area contributed by atoms with Crippen LogP contribution < -0.4 is 10.6 Å². The van der Waals surface area contributed by atoms with Gasteiger partial charge in [-0.3, -0.25) is 14.4 Å². The van der Waals surface area contributed by atoms with E-state index >= 15 is 0 Å². The summed E-state index contributed by atoms with van der Waals surface area (Å²) in [6, 6.07) is -2.75. The van der Waals surface area contributed by atoms with E-state index in [0.717, 1.165) is 44.9 Å². The van der Waals surface area contributed by atoms with Gasteiger partial charge in [0.1, 0.15) is 17.7 Å². The molecule has 38 heavy (non-hydrogen) atoms. The number of carbonyl (C=O) groups is 5. The van der Waals surface area contributed by atoms with Gasteiger partial charge in [-0.1, -0.05) is 46.0 Å². The van der Waals surface area contributed by atoms with Crippen molar-refractivity contribution in [2.24, 2.45) is 29.1 Å². The van der Waals surface area contributed by atoms with Crippen molar-refractivity contribution in [3.05, 3.63) is 0 Å². The van der Waals surface area contributed by atoms with E-state index < -0.39 is 47.5 Å². The summed E-state index contributed by atoms with van der Waals surface area (Å²) in [5, 5.41) is 14.8. The summed E-state index contributed by atoms with van der Waals surface area (Å²) >= 11 is 0. The Balaban J connectivity index is 1.55. The third-order valence-corrected chi connectivity index (χ3v) is 8.93. The molecule has 1 unspecified atom stereocenters. The molecule has 0 aromatic carbocycles. The van der Waals surface area contributed by atoms with Gasteiger partial charge in [0, 0.05) is 6.54 Å². The molecule has 212 valence electrons. The Bertz CT molecular complexity index is 977. The predicted molar refractivity (Wildman–Crippen MR) is 138 cm³/mol. The zero-order chi connectivity index (χ0) is 28.0. The number of Topliss-reactive ketones (excluding diaryl/α,β-unsaturated/α-hetero) is 1. The molecule has 4 fully saturated rings. The molecule has 0 aromatic heterocycles. The van der Waals surface area contributed by atoms with Crippen molar-refractivity contribution in [2.75, 3.05) is 6.54 Å². The van der Waals surface area contributed by atoms with E-state index in [4.69, 9.17) is 4.74 Å². The third kappa shape index (κ3) is 6.15. The van der Waals surface area contributed by atoms with Gasteiger partial charge in [-0.2, -0.15) is 0 Å². The van der Waals surface area contributed by atoms with Gasteiger partial charge < -0.3 is 25.4 Å². The molecular formula is C28H43N3O7. The van der Waals surface area contributed by atoms with E-state index in [1.165, 1.54) is 0 Å². The van der Waals surface area contributed by atoms with Crippen LogP contribution in [0.25, 0.3) is 0 Å². The molecule has 4 rings (SSSR count). The fourth-order valence-corrected chi connectivity index (χ4v) is 6.60. The molecule has 0 aromatic rings. The monoisotopic (exact) mass is 533 g/mol. The van der Waals surface area contributed by atoms with Crippen molar-refractivity contribution in [2.45, 2.75) is 110 Å². The van der Waals surface area contributed by atoms with E-state index in [9.17, 15) is 29.1 Å². The highest BCUT2D eigenvalue weighted by molar-refractivity contribution is 6.35. The lowest BCUT2D eigenvalue weighted by Crippen LogP contribution is -2.59. The van der Waals surface area contributed by atoms with Gasteiger partial charge >= 0.3 is 12.1 Å². The average molecular weight is 534 g/mol. The third-order valence-electron chi connectivity index (χ3n) is 8.93. The van der Waals surface area contributed by atoms with Crippen molar-refractivity contribution in [1.82, 2.24) is 15.5 Å². The van der Waals surface area contributed by atoms with Crippen LogP contribution in [0.3, 0.4) is 0 Å². The summed E-state index contributed by atoms with van der Waals surface area (Å²) in [4.78, 5) is 65.9. The number of fused-ring (bicyclic) bond motifs is 1. The Hall–Kier alpha value is -2.65. The topological polar surface area (TPSA) is 142 Å². The number of nitrogens with one attached hydrogen (secondary N) is 2. The van der Waals surface area contributed by atoms with Crippen molar-refractivity contribution in [3.8, 4) is 0 Å². The lowest BCUT2D eigenvalue weighted by atomic mass is 9.83. The number of ketones is 1. The molecule has 0 radical (unpaired) electrons. The van der Waals surface area contributed by atoms with Crippen LogP contribution in [0.1, 0.15) is 86.0 Å². The number of carboxylic acids is 1. The Morgan fingerprint density at radius 1 is 1.00 bits per heavy atom. The molecule has 3 aliphatic carbocycles. The molecule has 1 aliphatic heterocycles. The molecule has 0 bridgehead atoms. The lowest BCUT2D eigenvalue weighted by Gasteiger charge is -2.37. The minimum atomic E-state index is -1.57. The highest BCUT2D eigenvalue weighted by atomic mass is 16.6. The Kier molecular flexibility index (Phi) is 7.83. The van der Waals surface area contributed by atoms with Crippen LogP contribution in [-0.4, -0.2) is 69.9 Å². The first-order valence-corrected chi connectivity index (χ1v) is 14.1. The number of alkyl carbamates (subject to hydrolysis) is 1. The Morgan fingerprint density at radius 2 is 1.63 bits per heavy atom. The van der Waals surface area contributed by atoms with Gasteiger partial charge in [-0.15, -0.1) is 0 Å². The zero-order valence-electron chi connectivity index (χ0n) is 23.2. The van der Waals surface area contributed by atoms with Crippen LogP contribution in [0.4, 0.5) is 4.79 Å². The summed E-state index contributed by atoms with van der Waals surface area (Å²) in [7, 11) is 0. The van der Waals surface area contributed by atoms with Crippen LogP contribution in [0, 0.1) is 29.1 Å². The summed E-state index contributed by atoms with van der Waals surface area (Å²) in [6.45, 7) is 9.79. The Morgan fingerprint density at radius 3 is 2.18 bits per heavy atom. The minimum absolute atomic E-state index is 0.0615. The second kappa shape index (κ2) is 10.5. The number of ether oxygens (including phenoxy) is 1. The van der Waals surface area contributed by atoms with E-state index in [2.05, 4.69) is 24.5 Å². The molecular weight excluding hydrogens is 490 g/mol. The fourth-order valence-electron chi connectivity index (χ4n) is 6.60. The van der Waals surface area contributed by atoms with Crippen molar-refractivity contribution >= 4 is 29.7 Å². The smallest absolute Gasteiger partial charge is 0.408 e. The quantitative estimate of drug-likeness (QED) is 0.387. The second-order valence-corrected chi connectivity index (χ2v) is 13.3. The van der Waals surface area contributed by atoms with Crippen LogP contribution in [0.2, 0.25) is 0 Å². The van der Waals surface area contributed by atoms with Crippen molar-refractivity contribution < 1.29 is 33.8 Å². The second-order valence-electron chi connectivity index (χ2n) is 13.3. The van der Waals surface area contributed by atoms with Crippen molar-refractivity contribution in [1.29, 1.82) is 0 Å². The molecule has 10 nitrogen and oxygen atoms in total. The molecule has 3 N–H and O–H groups in total. The molecule has 5 atom stereocenters. The van der Waals surface area contributed by atoms with Crippen LogP contribution in [0.5, 0.6) is 0 Å². The maximum absolute atomic E-state index is 14.1. The van der Waals surface area contributed by atoms with Crippen molar-refractivity contribution in [3.63, 3.8) is 0 Å². The van der Waals surface area contributed by atoms with E-state index in [0.29, 0.717) is 13.0 Å². The fraction of sp³-hybridized carbons (Fsp3) is 0.821. The summed E-state index contributed by atoms with van der Waals surface area (Å²) in [6.07, 6.45) is 6.05. The Labute approximate surface area is 224 Å². The first-order chi connectivity index (χ1) is 17.7. The minimum Gasteiger partial charge on any atom is -0.475 e. The lowest BCUT2D eigenvalue weighted by molar-refractivity contribution is -0.151. The van der Waals surface area contributed by atoms with Crippen LogP contribution in [0.15, 0.2) is 0 Å². The largest absolute Gasteiger partial charge is 0.475 e. The highest BCUT2D eigenvalue weighted by Gasteiger charge is 2.69. The first-order valence-electron chi connectivity index (χ1n) is 14.1. The maximum Gasteiger partial charge on any atom is 0.408 e. The zero-order valence-corrected chi connectivity index (χ0v) is 23.2. The number of likely N-dealkylation sites (tertiary alicyclic amines) is 1. The average Bonchev–Trinajstić information content (AvgIpc) is 3.68. The van der Waals surface area contributed by atoms with Crippen LogP contribution >= 0.6 is 0 Å². The van der Waals surface area contributed by atoms with E-state index in [1.807, 2.05) is 0 Å². The number of amides is 3. The van der Waals surface area contributed by atoms with Crippen LogP contribution in [-0.2, 0) is 23.9 Å².